The second-order valence-corrected chi connectivity index (χ2v) is 9.75. The molecule has 0 spiro atoms. The van der Waals surface area contributed by atoms with E-state index in [2.05, 4.69) is 10.3 Å². The number of imidazole rings is 1. The summed E-state index contributed by atoms with van der Waals surface area (Å²) in [5.41, 5.74) is 3.10. The number of nitrogens with zero attached hydrogens (tertiary/aromatic N) is 3. The zero-order chi connectivity index (χ0) is 21.8. The van der Waals surface area contributed by atoms with E-state index in [0.717, 1.165) is 23.2 Å². The molecule has 162 valence electrons. The number of nitrogens with one attached hydrogen (secondary N) is 1. The Morgan fingerprint density at radius 1 is 1.10 bits per heavy atom. The van der Waals surface area contributed by atoms with Crippen LogP contribution in [0.25, 0.3) is 0 Å². The maximum atomic E-state index is 13.0. The molecule has 0 radical (unpaired) electrons. The van der Waals surface area contributed by atoms with Crippen LogP contribution in [0.5, 0.6) is 0 Å². The fourth-order valence-corrected chi connectivity index (χ4v) is 5.45. The van der Waals surface area contributed by atoms with Crippen molar-refractivity contribution >= 4 is 15.9 Å². The molecule has 8 heteroatoms. The van der Waals surface area contributed by atoms with Gasteiger partial charge in [0.25, 0.3) is 0 Å². The summed E-state index contributed by atoms with van der Waals surface area (Å²) in [5, 5.41) is 2.91. The molecule has 1 aromatic heterocycles. The van der Waals surface area contributed by atoms with E-state index in [1.54, 1.807) is 36.8 Å². The molecule has 1 fully saturated rings. The summed E-state index contributed by atoms with van der Waals surface area (Å²) in [4.78, 5) is 17.1. The number of sulfonamides is 1. The van der Waals surface area contributed by atoms with Crippen molar-refractivity contribution in [2.24, 2.45) is 0 Å². The highest BCUT2D eigenvalue weighted by Crippen LogP contribution is 2.26. The Morgan fingerprint density at radius 3 is 2.48 bits per heavy atom. The van der Waals surface area contributed by atoms with Crippen LogP contribution in [0.1, 0.15) is 29.5 Å². The average Bonchev–Trinajstić information content (AvgIpc) is 3.46. The molecule has 0 unspecified atom stereocenters. The van der Waals surface area contributed by atoms with Crippen LogP contribution in [0.3, 0.4) is 0 Å². The van der Waals surface area contributed by atoms with Gasteiger partial charge >= 0.3 is 0 Å². The minimum absolute atomic E-state index is 0.228. The average molecular weight is 439 g/mol. The number of aromatic nitrogens is 2. The molecule has 2 heterocycles. The molecule has 0 saturated carbocycles. The molecule has 1 aliphatic heterocycles. The molecule has 4 rings (SSSR count). The molecule has 1 aliphatic rings. The number of hydrogen-bond donors (Lipinski definition) is 1. The van der Waals surface area contributed by atoms with Crippen molar-refractivity contribution < 1.29 is 13.2 Å². The van der Waals surface area contributed by atoms with Gasteiger partial charge in [0.15, 0.2) is 0 Å². The minimum atomic E-state index is -3.70. The quantitative estimate of drug-likeness (QED) is 0.615. The standard InChI is InChI=1S/C23H26N4O3S/c1-18-4-10-21(11-5-18)31(29,30)27-13-2-3-22(27)23(28)25-15-19-6-8-20(9-7-19)16-26-14-12-24-17-26/h4-12,14,17,22H,2-3,13,15-16H2,1H3,(H,25,28)/t22-/m0/s1. The van der Waals surface area contributed by atoms with Gasteiger partial charge in [-0.3, -0.25) is 4.79 Å². The Labute approximate surface area is 182 Å². The molecule has 1 saturated heterocycles. The van der Waals surface area contributed by atoms with Crippen molar-refractivity contribution in [3.8, 4) is 0 Å². The van der Waals surface area contributed by atoms with Crippen LogP contribution in [0.2, 0.25) is 0 Å². The lowest BCUT2D eigenvalue weighted by Crippen LogP contribution is -2.45. The molecular weight excluding hydrogens is 412 g/mol. The number of aryl methyl sites for hydroxylation is 1. The maximum absolute atomic E-state index is 13.0. The SMILES string of the molecule is Cc1ccc(S(=O)(=O)N2CCC[C@H]2C(=O)NCc2ccc(Cn3ccnc3)cc2)cc1. The number of amides is 1. The van der Waals surface area contributed by atoms with Gasteiger partial charge in [0, 0.05) is 32.0 Å². The lowest BCUT2D eigenvalue weighted by Gasteiger charge is -2.23. The summed E-state index contributed by atoms with van der Waals surface area (Å²) in [6.45, 7) is 3.36. The molecule has 1 atom stereocenters. The highest BCUT2D eigenvalue weighted by Gasteiger charge is 2.39. The summed E-state index contributed by atoms with van der Waals surface area (Å²) in [7, 11) is -3.70. The highest BCUT2D eigenvalue weighted by atomic mass is 32.2. The Bertz CT molecular complexity index is 1120. The molecule has 3 aromatic rings. The monoisotopic (exact) mass is 438 g/mol. The summed E-state index contributed by atoms with van der Waals surface area (Å²) in [6.07, 6.45) is 6.63. The van der Waals surface area contributed by atoms with Crippen LogP contribution < -0.4 is 5.32 Å². The van der Waals surface area contributed by atoms with Gasteiger partial charge in [-0.2, -0.15) is 4.31 Å². The van der Waals surface area contributed by atoms with Gasteiger partial charge in [-0.15, -0.1) is 0 Å². The Kier molecular flexibility index (Phi) is 6.20. The largest absolute Gasteiger partial charge is 0.351 e. The lowest BCUT2D eigenvalue weighted by molar-refractivity contribution is -0.124. The van der Waals surface area contributed by atoms with Crippen molar-refractivity contribution in [1.29, 1.82) is 0 Å². The predicted molar refractivity (Wildman–Crippen MR) is 118 cm³/mol. The van der Waals surface area contributed by atoms with Crippen LogP contribution in [-0.2, 0) is 27.9 Å². The molecule has 31 heavy (non-hydrogen) atoms. The van der Waals surface area contributed by atoms with E-state index >= 15 is 0 Å². The Morgan fingerprint density at radius 2 is 1.81 bits per heavy atom. The van der Waals surface area contributed by atoms with E-state index in [4.69, 9.17) is 0 Å². The maximum Gasteiger partial charge on any atom is 0.243 e. The van der Waals surface area contributed by atoms with Gasteiger partial charge in [-0.05, 0) is 43.0 Å². The molecule has 0 bridgehead atoms. The summed E-state index contributed by atoms with van der Waals surface area (Å²) < 4.78 is 29.4. The first kappa shape index (κ1) is 21.3. The zero-order valence-electron chi connectivity index (χ0n) is 17.4. The van der Waals surface area contributed by atoms with Gasteiger partial charge < -0.3 is 9.88 Å². The van der Waals surface area contributed by atoms with Gasteiger partial charge in [-0.1, -0.05) is 42.0 Å². The molecular formula is C23H26N4O3S. The van der Waals surface area contributed by atoms with Gasteiger partial charge in [0.1, 0.15) is 6.04 Å². The third-order valence-corrected chi connectivity index (χ3v) is 7.47. The van der Waals surface area contributed by atoms with E-state index in [1.165, 1.54) is 4.31 Å². The molecule has 7 nitrogen and oxygen atoms in total. The first-order valence-electron chi connectivity index (χ1n) is 10.3. The van der Waals surface area contributed by atoms with E-state index in [-0.39, 0.29) is 10.8 Å². The van der Waals surface area contributed by atoms with Crippen LogP contribution in [0.4, 0.5) is 0 Å². The number of hydrogen-bond acceptors (Lipinski definition) is 4. The van der Waals surface area contributed by atoms with Crippen molar-refractivity contribution in [3.05, 3.63) is 83.9 Å². The second kappa shape index (κ2) is 9.03. The van der Waals surface area contributed by atoms with Gasteiger partial charge in [0.2, 0.25) is 15.9 Å². The Balaban J connectivity index is 1.38. The fraction of sp³-hybridized carbons (Fsp3) is 0.304. The van der Waals surface area contributed by atoms with Crippen molar-refractivity contribution in [2.45, 2.75) is 43.8 Å². The van der Waals surface area contributed by atoms with Crippen LogP contribution in [-0.4, -0.2) is 40.8 Å². The highest BCUT2D eigenvalue weighted by molar-refractivity contribution is 7.89. The minimum Gasteiger partial charge on any atom is -0.351 e. The van der Waals surface area contributed by atoms with E-state index in [1.807, 2.05) is 42.0 Å². The summed E-state index contributed by atoms with van der Waals surface area (Å²) in [5.74, 6) is -0.254. The molecule has 2 aromatic carbocycles. The van der Waals surface area contributed by atoms with Crippen molar-refractivity contribution in [2.75, 3.05) is 6.54 Å². The second-order valence-electron chi connectivity index (χ2n) is 7.86. The number of carbonyl (C=O) groups excluding carboxylic acids is 1. The van der Waals surface area contributed by atoms with E-state index in [0.29, 0.717) is 25.9 Å². The van der Waals surface area contributed by atoms with Crippen LogP contribution in [0.15, 0.2) is 72.1 Å². The third kappa shape index (κ3) is 4.86. The zero-order valence-corrected chi connectivity index (χ0v) is 18.3. The Hall–Kier alpha value is -2.97. The topological polar surface area (TPSA) is 84.3 Å². The lowest BCUT2D eigenvalue weighted by atomic mass is 10.1. The van der Waals surface area contributed by atoms with Crippen molar-refractivity contribution in [1.82, 2.24) is 19.2 Å². The fourth-order valence-electron chi connectivity index (χ4n) is 3.80. The summed E-state index contributed by atoms with van der Waals surface area (Å²) >= 11 is 0. The van der Waals surface area contributed by atoms with Gasteiger partial charge in [0.05, 0.1) is 11.2 Å². The molecule has 0 aliphatic carbocycles. The number of benzene rings is 2. The van der Waals surface area contributed by atoms with Crippen LogP contribution in [0, 0.1) is 6.92 Å². The first-order valence-corrected chi connectivity index (χ1v) is 11.8. The smallest absolute Gasteiger partial charge is 0.243 e. The van der Waals surface area contributed by atoms with Crippen LogP contribution >= 0.6 is 0 Å². The van der Waals surface area contributed by atoms with E-state index < -0.39 is 16.1 Å². The molecule has 1 N–H and O–H groups in total. The normalized spacial score (nSPS) is 17.0. The molecule has 1 amide bonds. The van der Waals surface area contributed by atoms with E-state index in [9.17, 15) is 13.2 Å². The van der Waals surface area contributed by atoms with Crippen molar-refractivity contribution in [3.63, 3.8) is 0 Å². The first-order chi connectivity index (χ1) is 14.9. The third-order valence-electron chi connectivity index (χ3n) is 5.55. The summed E-state index contributed by atoms with van der Waals surface area (Å²) in [6, 6.07) is 14.1. The predicted octanol–water partition coefficient (Wildman–Crippen LogP) is 2.71. The number of rotatable bonds is 7. The number of carbonyl (C=O) groups is 1. The van der Waals surface area contributed by atoms with Gasteiger partial charge in [-0.25, -0.2) is 13.4 Å².